The fraction of sp³-hybridized carbons (Fsp3) is 0.600. The average Bonchev–Trinajstić information content (AvgIpc) is 2.84. The van der Waals surface area contributed by atoms with Gasteiger partial charge in [-0.3, -0.25) is 0 Å². The molecule has 1 fully saturated rings. The van der Waals surface area contributed by atoms with Gasteiger partial charge in [0.15, 0.2) is 11.5 Å². The number of rotatable bonds is 6. The van der Waals surface area contributed by atoms with Crippen LogP contribution in [0.2, 0.25) is 0 Å². The predicted octanol–water partition coefficient (Wildman–Crippen LogP) is 2.36. The molecule has 0 amide bonds. The van der Waals surface area contributed by atoms with Crippen LogP contribution in [-0.4, -0.2) is 32.5 Å². The number of para-hydroxylation sites is 1. The van der Waals surface area contributed by atoms with Crippen molar-refractivity contribution in [2.75, 3.05) is 26.9 Å². The fourth-order valence-electron chi connectivity index (χ4n) is 2.32. The van der Waals surface area contributed by atoms with Crippen LogP contribution >= 0.6 is 0 Å². The van der Waals surface area contributed by atoms with Crippen molar-refractivity contribution in [2.24, 2.45) is 0 Å². The van der Waals surface area contributed by atoms with E-state index in [1.807, 2.05) is 19.1 Å². The topological polar surface area (TPSA) is 39.7 Å². The maximum absolute atomic E-state index is 5.59. The first-order valence-electron chi connectivity index (χ1n) is 6.80. The Morgan fingerprint density at radius 1 is 1.42 bits per heavy atom. The molecule has 1 aromatic rings. The Bertz CT molecular complexity index is 414. The molecule has 0 radical (unpaired) electrons. The lowest BCUT2D eigenvalue weighted by Gasteiger charge is -2.24. The molecule has 1 atom stereocenters. The van der Waals surface area contributed by atoms with Crippen molar-refractivity contribution in [3.8, 4) is 11.5 Å². The summed E-state index contributed by atoms with van der Waals surface area (Å²) >= 11 is 0. The molecule has 1 aromatic carbocycles. The Labute approximate surface area is 115 Å². The Morgan fingerprint density at radius 3 is 2.89 bits per heavy atom. The highest BCUT2D eigenvalue weighted by molar-refractivity contribution is 5.46. The highest BCUT2D eigenvalue weighted by Gasteiger charge is 2.29. The first-order valence-corrected chi connectivity index (χ1v) is 6.80. The van der Waals surface area contributed by atoms with Crippen molar-refractivity contribution in [1.29, 1.82) is 0 Å². The summed E-state index contributed by atoms with van der Waals surface area (Å²) in [7, 11) is 1.68. The highest BCUT2D eigenvalue weighted by atomic mass is 16.5. The van der Waals surface area contributed by atoms with Gasteiger partial charge in [-0.25, -0.2) is 0 Å². The van der Waals surface area contributed by atoms with Gasteiger partial charge in [0.2, 0.25) is 0 Å². The Kier molecular flexibility index (Phi) is 4.66. The van der Waals surface area contributed by atoms with Gasteiger partial charge >= 0.3 is 0 Å². The Balaban J connectivity index is 2.08. The minimum Gasteiger partial charge on any atom is -0.493 e. The van der Waals surface area contributed by atoms with Gasteiger partial charge in [0.25, 0.3) is 0 Å². The van der Waals surface area contributed by atoms with Gasteiger partial charge < -0.3 is 19.5 Å². The van der Waals surface area contributed by atoms with Crippen LogP contribution in [0.4, 0.5) is 0 Å². The fourth-order valence-corrected chi connectivity index (χ4v) is 2.32. The second-order valence-corrected chi connectivity index (χ2v) is 5.10. The largest absolute Gasteiger partial charge is 0.493 e. The summed E-state index contributed by atoms with van der Waals surface area (Å²) in [5, 5.41) is 3.56. The summed E-state index contributed by atoms with van der Waals surface area (Å²) in [6.45, 7) is 7.16. The number of hydrogen-bond donors (Lipinski definition) is 1. The SMILES string of the molecule is CCOc1cccc(CNC2(C)CCOC2)c1OC. The summed E-state index contributed by atoms with van der Waals surface area (Å²) in [4.78, 5) is 0. The zero-order valence-corrected chi connectivity index (χ0v) is 12.0. The van der Waals surface area contributed by atoms with Crippen LogP contribution in [0.3, 0.4) is 0 Å². The molecule has 1 aliphatic heterocycles. The van der Waals surface area contributed by atoms with E-state index in [0.29, 0.717) is 6.61 Å². The van der Waals surface area contributed by atoms with E-state index >= 15 is 0 Å². The number of benzene rings is 1. The smallest absolute Gasteiger partial charge is 0.165 e. The number of ether oxygens (including phenoxy) is 3. The third kappa shape index (κ3) is 3.39. The predicted molar refractivity (Wildman–Crippen MR) is 74.8 cm³/mol. The summed E-state index contributed by atoms with van der Waals surface area (Å²) in [6.07, 6.45) is 1.04. The van der Waals surface area contributed by atoms with E-state index in [9.17, 15) is 0 Å². The van der Waals surface area contributed by atoms with Gasteiger partial charge in [0, 0.05) is 24.3 Å². The molecule has 1 saturated heterocycles. The highest BCUT2D eigenvalue weighted by Crippen LogP contribution is 2.31. The molecular formula is C15H23NO3. The second-order valence-electron chi connectivity index (χ2n) is 5.10. The standard InChI is InChI=1S/C15H23NO3/c1-4-19-13-7-5-6-12(14(13)17-3)10-16-15(2)8-9-18-11-15/h5-7,16H,4,8-11H2,1-3H3. The molecule has 4 nitrogen and oxygen atoms in total. The Hall–Kier alpha value is -1.26. The van der Waals surface area contributed by atoms with Gasteiger partial charge in [-0.15, -0.1) is 0 Å². The van der Waals surface area contributed by atoms with Gasteiger partial charge in [0.1, 0.15) is 0 Å². The maximum atomic E-state index is 5.59. The summed E-state index contributed by atoms with van der Waals surface area (Å²) in [5.74, 6) is 1.62. The molecule has 1 unspecified atom stereocenters. The van der Waals surface area contributed by atoms with Crippen LogP contribution in [0.1, 0.15) is 25.8 Å². The molecule has 0 aromatic heterocycles. The molecule has 1 heterocycles. The van der Waals surface area contributed by atoms with Crippen LogP contribution in [0.25, 0.3) is 0 Å². The van der Waals surface area contributed by atoms with Gasteiger partial charge in [-0.1, -0.05) is 12.1 Å². The molecule has 2 rings (SSSR count). The average molecular weight is 265 g/mol. The van der Waals surface area contributed by atoms with Crippen LogP contribution < -0.4 is 14.8 Å². The second kappa shape index (κ2) is 6.26. The molecule has 1 N–H and O–H groups in total. The zero-order valence-electron chi connectivity index (χ0n) is 12.0. The molecule has 0 spiro atoms. The van der Waals surface area contributed by atoms with Crippen molar-refractivity contribution in [3.05, 3.63) is 23.8 Å². The lowest BCUT2D eigenvalue weighted by molar-refractivity contribution is 0.171. The number of methoxy groups -OCH3 is 1. The van der Waals surface area contributed by atoms with E-state index in [1.54, 1.807) is 7.11 Å². The Morgan fingerprint density at radius 2 is 2.26 bits per heavy atom. The van der Waals surface area contributed by atoms with E-state index in [2.05, 4.69) is 18.3 Å². The van der Waals surface area contributed by atoms with Gasteiger partial charge in [-0.05, 0) is 26.3 Å². The summed E-state index contributed by atoms with van der Waals surface area (Å²) in [6, 6.07) is 6.00. The number of nitrogens with one attached hydrogen (secondary N) is 1. The van der Waals surface area contributed by atoms with Crippen LogP contribution in [0, 0.1) is 0 Å². The lowest BCUT2D eigenvalue weighted by atomic mass is 10.0. The minimum atomic E-state index is 0.0621. The third-order valence-corrected chi connectivity index (χ3v) is 3.49. The van der Waals surface area contributed by atoms with Crippen molar-refractivity contribution in [1.82, 2.24) is 5.32 Å². The molecule has 106 valence electrons. The zero-order chi connectivity index (χ0) is 13.7. The summed E-state index contributed by atoms with van der Waals surface area (Å²) in [5.41, 5.74) is 1.17. The van der Waals surface area contributed by atoms with Crippen LogP contribution in [0.5, 0.6) is 11.5 Å². The molecule has 0 aliphatic carbocycles. The van der Waals surface area contributed by atoms with Gasteiger partial charge in [0.05, 0.1) is 20.3 Å². The molecule has 0 bridgehead atoms. The number of hydrogen-bond acceptors (Lipinski definition) is 4. The molecule has 1 aliphatic rings. The van der Waals surface area contributed by atoms with E-state index in [-0.39, 0.29) is 5.54 Å². The third-order valence-electron chi connectivity index (χ3n) is 3.49. The minimum absolute atomic E-state index is 0.0621. The monoisotopic (exact) mass is 265 g/mol. The van der Waals surface area contributed by atoms with Crippen LogP contribution in [0.15, 0.2) is 18.2 Å². The molecule has 19 heavy (non-hydrogen) atoms. The molecular weight excluding hydrogens is 242 g/mol. The molecule has 0 saturated carbocycles. The quantitative estimate of drug-likeness (QED) is 0.857. The van der Waals surface area contributed by atoms with E-state index in [0.717, 1.165) is 43.2 Å². The summed E-state index contributed by atoms with van der Waals surface area (Å²) < 4.78 is 16.5. The normalized spacial score (nSPS) is 22.5. The van der Waals surface area contributed by atoms with Crippen molar-refractivity contribution < 1.29 is 14.2 Å². The first kappa shape index (κ1) is 14.2. The maximum Gasteiger partial charge on any atom is 0.165 e. The molecule has 4 heteroatoms. The van der Waals surface area contributed by atoms with Crippen molar-refractivity contribution in [2.45, 2.75) is 32.4 Å². The van der Waals surface area contributed by atoms with Gasteiger partial charge in [-0.2, -0.15) is 0 Å². The van der Waals surface area contributed by atoms with E-state index in [4.69, 9.17) is 14.2 Å². The first-order chi connectivity index (χ1) is 9.18. The van der Waals surface area contributed by atoms with E-state index in [1.165, 1.54) is 0 Å². The lowest BCUT2D eigenvalue weighted by Crippen LogP contribution is -2.42. The van der Waals surface area contributed by atoms with Crippen LogP contribution in [-0.2, 0) is 11.3 Å². The van der Waals surface area contributed by atoms with E-state index < -0.39 is 0 Å². The van der Waals surface area contributed by atoms with Crippen molar-refractivity contribution >= 4 is 0 Å². The van der Waals surface area contributed by atoms with Crippen molar-refractivity contribution in [3.63, 3.8) is 0 Å².